The average molecular weight is 344 g/mol. The molecule has 1 unspecified atom stereocenters. The van der Waals surface area contributed by atoms with Gasteiger partial charge in [-0.2, -0.15) is 0 Å². The lowest BCUT2D eigenvalue weighted by Crippen LogP contribution is -2.03. The number of carboxylic acid groups (broad SMARTS) is 1. The molecule has 0 radical (unpaired) electrons. The molecule has 0 heterocycles. The van der Waals surface area contributed by atoms with E-state index < -0.39 is 15.7 Å². The van der Waals surface area contributed by atoms with Gasteiger partial charge in [-0.05, 0) is 23.8 Å². The molecule has 2 rings (SSSR count). The van der Waals surface area contributed by atoms with Gasteiger partial charge in [0.15, 0.2) is 0 Å². The van der Waals surface area contributed by atoms with Gasteiger partial charge in [0, 0.05) is 16.0 Å². The normalized spacial score (nSPS) is 32.5. The van der Waals surface area contributed by atoms with Gasteiger partial charge in [0.2, 0.25) is 0 Å². The summed E-state index contributed by atoms with van der Waals surface area (Å²) in [5, 5.41) is 9.92. The Hall–Kier alpha value is 0.0400. The number of carbonyl (C=O) groups is 1. The minimum atomic E-state index is -0.938. The molecule has 2 nitrogen and oxygen atoms in total. The van der Waals surface area contributed by atoms with Gasteiger partial charge in [-0.3, -0.25) is 4.79 Å². The topological polar surface area (TPSA) is 37.3 Å². The molecule has 0 saturated heterocycles. The molecule has 1 aromatic carbocycles. The van der Waals surface area contributed by atoms with Crippen LogP contribution in [0, 0.1) is 5.92 Å². The molecule has 0 amide bonds. The van der Waals surface area contributed by atoms with Crippen LogP contribution >= 0.6 is 50.7 Å². The molecule has 1 N–H and O–H groups in total. The zero-order chi connectivity index (χ0) is 12.1. The molecule has 6 heteroatoms. The van der Waals surface area contributed by atoms with Gasteiger partial charge < -0.3 is 5.11 Å². The van der Waals surface area contributed by atoms with Crippen molar-refractivity contribution >= 4 is 56.7 Å². The van der Waals surface area contributed by atoms with Crippen LogP contribution in [0.5, 0.6) is 0 Å². The Labute approximate surface area is 116 Å². The zero-order valence-corrected chi connectivity index (χ0v) is 11.6. The second-order valence-corrected chi connectivity index (χ2v) is 6.94. The Morgan fingerprint density at radius 1 is 1.31 bits per heavy atom. The predicted octanol–water partition coefficient (Wildman–Crippen LogP) is 4.12. The van der Waals surface area contributed by atoms with Crippen LogP contribution in [0.2, 0.25) is 10.0 Å². The molecule has 1 fully saturated rings. The fraction of sp³-hybridized carbons (Fsp3) is 0.300. The summed E-state index contributed by atoms with van der Waals surface area (Å²) in [6.07, 6.45) is 0. The number of hydrogen-bond acceptors (Lipinski definition) is 1. The van der Waals surface area contributed by atoms with E-state index in [1.54, 1.807) is 18.2 Å². The number of halogens is 4. The van der Waals surface area contributed by atoms with Gasteiger partial charge >= 0.3 is 5.97 Å². The number of aliphatic carboxylic acids is 1. The summed E-state index contributed by atoms with van der Waals surface area (Å²) in [6.45, 7) is 0. The predicted molar refractivity (Wildman–Crippen MR) is 67.8 cm³/mol. The zero-order valence-electron chi connectivity index (χ0n) is 7.75. The fourth-order valence-corrected chi connectivity index (χ4v) is 3.61. The molecular weight excluding hydrogens is 338 g/mol. The molecule has 0 spiro atoms. The second-order valence-electron chi connectivity index (χ2n) is 3.67. The Kier molecular flexibility index (Phi) is 3.17. The van der Waals surface area contributed by atoms with Gasteiger partial charge in [-0.1, -0.05) is 39.1 Å². The van der Waals surface area contributed by atoms with E-state index >= 15 is 0 Å². The lowest BCUT2D eigenvalue weighted by molar-refractivity contribution is -0.138. The van der Waals surface area contributed by atoms with Crippen LogP contribution in [0.3, 0.4) is 0 Å². The monoisotopic (exact) mass is 342 g/mol. The highest BCUT2D eigenvalue weighted by Gasteiger charge is 2.67. The minimum absolute atomic E-state index is 0.317. The van der Waals surface area contributed by atoms with Gasteiger partial charge in [-0.15, -0.1) is 11.6 Å². The lowest BCUT2D eigenvalue weighted by atomic mass is 10.1. The van der Waals surface area contributed by atoms with E-state index in [0.29, 0.717) is 10.0 Å². The van der Waals surface area contributed by atoms with Crippen molar-refractivity contribution in [2.75, 3.05) is 0 Å². The van der Waals surface area contributed by atoms with Crippen molar-refractivity contribution in [2.24, 2.45) is 5.92 Å². The third kappa shape index (κ3) is 2.06. The maximum atomic E-state index is 11.0. The van der Waals surface area contributed by atoms with Crippen LogP contribution in [0.25, 0.3) is 0 Å². The highest BCUT2D eigenvalue weighted by Crippen LogP contribution is 2.66. The molecule has 0 bridgehead atoms. The van der Waals surface area contributed by atoms with Crippen LogP contribution in [0.4, 0.5) is 0 Å². The van der Waals surface area contributed by atoms with Crippen molar-refractivity contribution in [1.82, 2.24) is 0 Å². The summed E-state index contributed by atoms with van der Waals surface area (Å²) < 4.78 is -0.938. The Morgan fingerprint density at radius 3 is 2.19 bits per heavy atom. The summed E-state index contributed by atoms with van der Waals surface area (Å²) in [5.74, 6) is -1.92. The van der Waals surface area contributed by atoms with Gasteiger partial charge in [0.1, 0.15) is 3.78 Å². The summed E-state index contributed by atoms with van der Waals surface area (Å²) in [5.41, 5.74) is 0.733. The molecule has 1 aliphatic carbocycles. The molecule has 3 atom stereocenters. The first-order valence-corrected chi connectivity index (χ1v) is 6.33. The molecule has 1 saturated carbocycles. The van der Waals surface area contributed by atoms with E-state index in [0.717, 1.165) is 5.56 Å². The van der Waals surface area contributed by atoms with E-state index in [-0.39, 0.29) is 5.92 Å². The second kappa shape index (κ2) is 4.05. The number of rotatable bonds is 2. The maximum absolute atomic E-state index is 11.0. The first-order chi connectivity index (χ1) is 7.34. The molecule has 86 valence electrons. The van der Waals surface area contributed by atoms with E-state index in [4.69, 9.17) is 39.9 Å². The average Bonchev–Trinajstić information content (AvgIpc) is 2.67. The van der Waals surface area contributed by atoms with E-state index in [9.17, 15) is 4.79 Å². The van der Waals surface area contributed by atoms with Gasteiger partial charge in [0.05, 0.1) is 5.92 Å². The maximum Gasteiger partial charge on any atom is 0.309 e. The van der Waals surface area contributed by atoms with Crippen molar-refractivity contribution in [1.29, 1.82) is 0 Å². The number of hydrogen-bond donors (Lipinski definition) is 1. The van der Waals surface area contributed by atoms with Crippen LogP contribution in [-0.2, 0) is 4.79 Å². The largest absolute Gasteiger partial charge is 0.481 e. The highest BCUT2D eigenvalue weighted by molar-refractivity contribution is 9.10. The van der Waals surface area contributed by atoms with Crippen LogP contribution in [0.1, 0.15) is 11.5 Å². The van der Waals surface area contributed by atoms with Crippen molar-refractivity contribution in [3.8, 4) is 0 Å². The van der Waals surface area contributed by atoms with Crippen LogP contribution in [0.15, 0.2) is 18.2 Å². The number of alkyl halides is 2. The van der Waals surface area contributed by atoms with Crippen molar-refractivity contribution < 1.29 is 9.90 Å². The third-order valence-corrected chi connectivity index (χ3v) is 4.46. The first kappa shape index (κ1) is 12.5. The molecular formula is C10H6BrCl3O2. The number of carboxylic acids is 1. The molecule has 1 aliphatic rings. The van der Waals surface area contributed by atoms with Gasteiger partial charge in [0.25, 0.3) is 0 Å². The Morgan fingerprint density at radius 2 is 1.81 bits per heavy atom. The van der Waals surface area contributed by atoms with Crippen LogP contribution < -0.4 is 0 Å². The molecule has 16 heavy (non-hydrogen) atoms. The van der Waals surface area contributed by atoms with Crippen LogP contribution in [-0.4, -0.2) is 14.9 Å². The van der Waals surface area contributed by atoms with Crippen molar-refractivity contribution in [3.05, 3.63) is 33.8 Å². The standard InChI is InChI=1S/C10H6BrCl3O2/c11-10(14)7(8(10)9(15)16)4-1-5(12)3-6(13)2-4/h1-3,7-8H,(H,15,16)/t7?,8-,10+/m0/s1. The van der Waals surface area contributed by atoms with Crippen molar-refractivity contribution in [2.45, 2.75) is 9.70 Å². The van der Waals surface area contributed by atoms with E-state index in [1.165, 1.54) is 0 Å². The van der Waals surface area contributed by atoms with Gasteiger partial charge in [-0.25, -0.2) is 0 Å². The Bertz CT molecular complexity index is 441. The number of benzene rings is 1. The Balaban J connectivity index is 2.37. The lowest BCUT2D eigenvalue weighted by Gasteiger charge is -2.02. The minimum Gasteiger partial charge on any atom is -0.481 e. The summed E-state index contributed by atoms with van der Waals surface area (Å²) in [7, 11) is 0. The first-order valence-electron chi connectivity index (χ1n) is 4.40. The highest BCUT2D eigenvalue weighted by atomic mass is 79.9. The molecule has 1 aromatic rings. The van der Waals surface area contributed by atoms with E-state index in [2.05, 4.69) is 15.9 Å². The molecule has 0 aromatic heterocycles. The third-order valence-electron chi connectivity index (χ3n) is 2.56. The fourth-order valence-electron chi connectivity index (χ4n) is 1.80. The van der Waals surface area contributed by atoms with E-state index in [1.807, 2.05) is 0 Å². The summed E-state index contributed by atoms with van der Waals surface area (Å²) in [6, 6.07) is 4.95. The smallest absolute Gasteiger partial charge is 0.309 e. The quantitative estimate of drug-likeness (QED) is 0.820. The summed E-state index contributed by atoms with van der Waals surface area (Å²) >= 11 is 21.0. The summed E-state index contributed by atoms with van der Waals surface area (Å²) in [4.78, 5) is 11.0. The van der Waals surface area contributed by atoms with Crippen molar-refractivity contribution in [3.63, 3.8) is 0 Å². The SMILES string of the molecule is O=C(O)[C@@H]1C(c2cc(Cl)cc(Cl)c2)[C@]1(Cl)Br. The molecule has 0 aliphatic heterocycles.